The first kappa shape index (κ1) is 25.3. The standard InChI is InChI=1S/C27H34N2O5/c1-19(17-25(30)28-16-10-4-2-3-5-15-26(31)32)29-27(33)34-18-24-22-13-8-6-11-20(22)21-12-7-9-14-23(21)24/h6-9,11-14,19,24H,2-5,10,15-18H2,1H3,(H,28,30)(H,29,33)(H,31,32). The van der Waals surface area contributed by atoms with E-state index < -0.39 is 12.1 Å². The normalized spacial score (nSPS) is 13.0. The van der Waals surface area contributed by atoms with Gasteiger partial charge in [-0.25, -0.2) is 4.79 Å². The molecule has 1 unspecified atom stereocenters. The zero-order chi connectivity index (χ0) is 24.3. The molecule has 0 aromatic heterocycles. The smallest absolute Gasteiger partial charge is 0.407 e. The van der Waals surface area contributed by atoms with Crippen molar-refractivity contribution in [1.29, 1.82) is 0 Å². The van der Waals surface area contributed by atoms with Gasteiger partial charge < -0.3 is 20.5 Å². The number of nitrogens with one attached hydrogen (secondary N) is 2. The van der Waals surface area contributed by atoms with Gasteiger partial charge in [-0.15, -0.1) is 0 Å². The summed E-state index contributed by atoms with van der Waals surface area (Å²) in [6, 6.07) is 16.0. The van der Waals surface area contributed by atoms with Crippen LogP contribution >= 0.6 is 0 Å². The van der Waals surface area contributed by atoms with Gasteiger partial charge in [-0.1, -0.05) is 67.8 Å². The van der Waals surface area contributed by atoms with Crippen molar-refractivity contribution in [2.24, 2.45) is 0 Å². The fourth-order valence-corrected chi connectivity index (χ4v) is 4.40. The van der Waals surface area contributed by atoms with E-state index in [-0.39, 0.29) is 37.3 Å². The Labute approximate surface area is 200 Å². The summed E-state index contributed by atoms with van der Waals surface area (Å²) in [7, 11) is 0. The van der Waals surface area contributed by atoms with Gasteiger partial charge in [-0.2, -0.15) is 0 Å². The first-order valence-electron chi connectivity index (χ1n) is 12.1. The summed E-state index contributed by atoms with van der Waals surface area (Å²) in [6.45, 7) is 2.60. The van der Waals surface area contributed by atoms with Gasteiger partial charge in [0.15, 0.2) is 0 Å². The van der Waals surface area contributed by atoms with Crippen LogP contribution in [0.1, 0.15) is 68.9 Å². The summed E-state index contributed by atoms with van der Waals surface area (Å²) in [5.74, 6) is -0.869. The molecule has 0 bridgehead atoms. The van der Waals surface area contributed by atoms with Crippen LogP contribution in [0.2, 0.25) is 0 Å². The number of alkyl carbamates (subject to hydrolysis) is 1. The first-order valence-corrected chi connectivity index (χ1v) is 12.1. The Morgan fingerprint density at radius 3 is 2.15 bits per heavy atom. The summed E-state index contributed by atoms with van der Waals surface area (Å²) in [4.78, 5) is 34.9. The number of carbonyl (C=O) groups is 3. The van der Waals surface area contributed by atoms with Gasteiger partial charge >= 0.3 is 12.1 Å². The number of benzene rings is 2. The van der Waals surface area contributed by atoms with Gasteiger partial charge in [0, 0.05) is 31.3 Å². The molecule has 182 valence electrons. The molecule has 0 heterocycles. The molecule has 0 saturated heterocycles. The van der Waals surface area contributed by atoms with Gasteiger partial charge in [0.05, 0.1) is 0 Å². The molecule has 0 aliphatic heterocycles. The second-order valence-corrected chi connectivity index (χ2v) is 8.84. The van der Waals surface area contributed by atoms with E-state index in [4.69, 9.17) is 9.84 Å². The lowest BCUT2D eigenvalue weighted by molar-refractivity contribution is -0.137. The number of amides is 2. The van der Waals surface area contributed by atoms with Gasteiger partial charge in [-0.3, -0.25) is 9.59 Å². The summed E-state index contributed by atoms with van der Waals surface area (Å²) in [6.07, 6.45) is 4.23. The highest BCUT2D eigenvalue weighted by molar-refractivity contribution is 5.79. The molecular formula is C27H34N2O5. The van der Waals surface area contributed by atoms with E-state index in [1.54, 1.807) is 6.92 Å². The van der Waals surface area contributed by atoms with Crippen LogP contribution in [-0.2, 0) is 14.3 Å². The van der Waals surface area contributed by atoms with Crippen molar-refractivity contribution in [2.75, 3.05) is 13.2 Å². The summed E-state index contributed by atoms with van der Waals surface area (Å²) in [5.41, 5.74) is 4.67. The third-order valence-electron chi connectivity index (χ3n) is 6.09. The minimum absolute atomic E-state index is 0.000817. The minimum Gasteiger partial charge on any atom is -0.481 e. The number of carbonyl (C=O) groups excluding carboxylic acids is 2. The monoisotopic (exact) mass is 466 g/mol. The molecule has 0 fully saturated rings. The predicted octanol–water partition coefficient (Wildman–Crippen LogP) is 4.85. The second-order valence-electron chi connectivity index (χ2n) is 8.84. The number of ether oxygens (including phenoxy) is 1. The number of carboxylic acids is 1. The molecule has 2 amide bonds. The van der Waals surface area contributed by atoms with E-state index in [2.05, 4.69) is 34.9 Å². The number of fused-ring (bicyclic) bond motifs is 3. The maximum Gasteiger partial charge on any atom is 0.407 e. The summed E-state index contributed by atoms with van der Waals surface area (Å²) in [5, 5.41) is 14.2. The SMILES string of the molecule is CC(CC(=O)NCCCCCCCC(=O)O)NC(=O)OCC1c2ccccc2-c2ccccc21. The number of unbranched alkanes of at least 4 members (excludes halogenated alkanes) is 4. The predicted molar refractivity (Wildman–Crippen MR) is 131 cm³/mol. The Hall–Kier alpha value is -3.35. The van der Waals surface area contributed by atoms with Gasteiger partial charge in [-0.05, 0) is 42.0 Å². The number of rotatable bonds is 13. The highest BCUT2D eigenvalue weighted by Gasteiger charge is 2.29. The molecule has 3 N–H and O–H groups in total. The fraction of sp³-hybridized carbons (Fsp3) is 0.444. The van der Waals surface area contributed by atoms with Crippen molar-refractivity contribution in [3.63, 3.8) is 0 Å². The van der Waals surface area contributed by atoms with Gasteiger partial charge in [0.25, 0.3) is 0 Å². The second kappa shape index (κ2) is 12.8. The van der Waals surface area contributed by atoms with Crippen LogP contribution in [0.4, 0.5) is 4.79 Å². The number of aliphatic carboxylic acids is 1. The van der Waals surface area contributed by atoms with Crippen LogP contribution in [0.5, 0.6) is 0 Å². The number of carboxylic acid groups (broad SMARTS) is 1. The van der Waals surface area contributed by atoms with Gasteiger partial charge in [0.1, 0.15) is 6.61 Å². The average Bonchev–Trinajstić information content (AvgIpc) is 3.13. The van der Waals surface area contributed by atoms with E-state index in [9.17, 15) is 14.4 Å². The number of hydrogen-bond donors (Lipinski definition) is 3. The van der Waals surface area contributed by atoms with E-state index in [1.807, 2.05) is 24.3 Å². The van der Waals surface area contributed by atoms with Crippen LogP contribution in [0, 0.1) is 0 Å². The quantitative estimate of drug-likeness (QED) is 0.366. The van der Waals surface area contributed by atoms with E-state index in [0.29, 0.717) is 13.0 Å². The lowest BCUT2D eigenvalue weighted by atomic mass is 9.98. The Kier molecular flexibility index (Phi) is 9.50. The highest BCUT2D eigenvalue weighted by Crippen LogP contribution is 2.44. The Morgan fingerprint density at radius 2 is 1.50 bits per heavy atom. The van der Waals surface area contributed by atoms with Crippen molar-refractivity contribution in [2.45, 2.75) is 63.8 Å². The van der Waals surface area contributed by atoms with E-state index >= 15 is 0 Å². The molecule has 34 heavy (non-hydrogen) atoms. The lowest BCUT2D eigenvalue weighted by Gasteiger charge is -2.17. The maximum absolute atomic E-state index is 12.3. The van der Waals surface area contributed by atoms with Crippen LogP contribution in [-0.4, -0.2) is 42.3 Å². The molecule has 1 atom stereocenters. The molecule has 7 heteroatoms. The Balaban J connectivity index is 1.33. The van der Waals surface area contributed by atoms with Crippen LogP contribution < -0.4 is 10.6 Å². The molecule has 0 radical (unpaired) electrons. The third kappa shape index (κ3) is 7.33. The van der Waals surface area contributed by atoms with Crippen molar-refractivity contribution in [3.8, 4) is 11.1 Å². The maximum atomic E-state index is 12.3. The fourth-order valence-electron chi connectivity index (χ4n) is 4.40. The highest BCUT2D eigenvalue weighted by atomic mass is 16.5. The average molecular weight is 467 g/mol. The summed E-state index contributed by atoms with van der Waals surface area (Å²) >= 11 is 0. The van der Waals surface area contributed by atoms with E-state index in [0.717, 1.165) is 36.8 Å². The van der Waals surface area contributed by atoms with Crippen molar-refractivity contribution >= 4 is 18.0 Å². The van der Waals surface area contributed by atoms with E-state index in [1.165, 1.54) is 11.1 Å². The Bertz CT molecular complexity index is 945. The van der Waals surface area contributed by atoms with Crippen LogP contribution in [0.15, 0.2) is 48.5 Å². The molecular weight excluding hydrogens is 432 g/mol. The zero-order valence-electron chi connectivity index (χ0n) is 19.7. The molecule has 0 saturated carbocycles. The Morgan fingerprint density at radius 1 is 0.912 bits per heavy atom. The summed E-state index contributed by atoms with van der Waals surface area (Å²) < 4.78 is 5.53. The minimum atomic E-state index is -0.756. The van der Waals surface area contributed by atoms with Crippen molar-refractivity contribution < 1.29 is 24.2 Å². The third-order valence-corrected chi connectivity index (χ3v) is 6.09. The molecule has 1 aliphatic carbocycles. The lowest BCUT2D eigenvalue weighted by Crippen LogP contribution is -2.38. The van der Waals surface area contributed by atoms with Crippen molar-refractivity contribution in [3.05, 3.63) is 59.7 Å². The molecule has 1 aliphatic rings. The van der Waals surface area contributed by atoms with Crippen LogP contribution in [0.25, 0.3) is 11.1 Å². The topological polar surface area (TPSA) is 105 Å². The molecule has 7 nitrogen and oxygen atoms in total. The molecule has 2 aromatic rings. The largest absolute Gasteiger partial charge is 0.481 e. The molecule has 3 rings (SSSR count). The van der Waals surface area contributed by atoms with Gasteiger partial charge in [0.2, 0.25) is 5.91 Å². The number of hydrogen-bond acceptors (Lipinski definition) is 4. The molecule has 2 aromatic carbocycles. The first-order chi connectivity index (χ1) is 16.5. The molecule has 0 spiro atoms. The van der Waals surface area contributed by atoms with Crippen LogP contribution in [0.3, 0.4) is 0 Å². The zero-order valence-corrected chi connectivity index (χ0v) is 19.7. The van der Waals surface area contributed by atoms with Crippen molar-refractivity contribution in [1.82, 2.24) is 10.6 Å².